The van der Waals surface area contributed by atoms with Crippen molar-refractivity contribution in [3.8, 4) is 0 Å². The zero-order chi connectivity index (χ0) is 17.0. The van der Waals surface area contributed by atoms with Crippen LogP contribution in [0.2, 0.25) is 0 Å². The number of carbonyl (C=O) groups excluding carboxylic acids is 1. The fraction of sp³-hybridized carbons (Fsp3) is 0.500. The molecule has 1 fully saturated rings. The van der Waals surface area contributed by atoms with E-state index >= 15 is 0 Å². The topological polar surface area (TPSA) is 61.8 Å². The summed E-state index contributed by atoms with van der Waals surface area (Å²) in [4.78, 5) is 13.4. The van der Waals surface area contributed by atoms with E-state index in [-0.39, 0.29) is 38.8 Å². The maximum absolute atomic E-state index is 13.9. The molecule has 1 aromatic carbocycles. The molecule has 0 saturated carbocycles. The second kappa shape index (κ2) is 7.14. The fourth-order valence-corrected chi connectivity index (χ4v) is 2.22. The number of nitrogens with one attached hydrogen (secondary N) is 1. The van der Waals surface area contributed by atoms with Crippen molar-refractivity contribution in [2.24, 2.45) is 5.92 Å². The van der Waals surface area contributed by atoms with Gasteiger partial charge in [-0.2, -0.15) is 13.2 Å². The smallest absolute Gasteiger partial charge is 0.396 e. The normalized spacial score (nSPS) is 19.3. The molecule has 2 rings (SSSR count). The molecule has 2 amide bonds. The maximum atomic E-state index is 13.9. The molecule has 23 heavy (non-hydrogen) atoms. The number of anilines is 1. The van der Waals surface area contributed by atoms with Crippen LogP contribution >= 0.6 is 0 Å². The molecule has 1 heterocycles. The van der Waals surface area contributed by atoms with E-state index in [9.17, 15) is 22.4 Å². The van der Waals surface area contributed by atoms with Gasteiger partial charge in [0, 0.05) is 25.6 Å². The predicted octanol–water partition coefficient (Wildman–Crippen LogP) is 2.32. The van der Waals surface area contributed by atoms with Crippen molar-refractivity contribution in [2.75, 3.05) is 38.2 Å². The third-order valence-corrected chi connectivity index (χ3v) is 3.43. The Kier molecular flexibility index (Phi) is 5.42. The maximum Gasteiger partial charge on any atom is 0.419 e. The Hall–Kier alpha value is -1.87. The molecule has 1 aliphatic heterocycles. The van der Waals surface area contributed by atoms with E-state index in [1.807, 2.05) is 0 Å². The number of benzene rings is 1. The van der Waals surface area contributed by atoms with Crippen LogP contribution in [0.15, 0.2) is 18.2 Å². The summed E-state index contributed by atoms with van der Waals surface area (Å²) in [6.07, 6.45) is -4.84. The van der Waals surface area contributed by atoms with E-state index in [2.05, 4.69) is 5.32 Å². The number of amides is 2. The lowest BCUT2D eigenvalue weighted by Crippen LogP contribution is -2.39. The minimum atomic E-state index is -4.84. The molecule has 0 bridgehead atoms. The van der Waals surface area contributed by atoms with Crippen molar-refractivity contribution in [2.45, 2.75) is 6.18 Å². The Bertz CT molecular complexity index is 565. The lowest BCUT2D eigenvalue weighted by atomic mass is 10.1. The molecule has 128 valence electrons. The summed E-state index contributed by atoms with van der Waals surface area (Å²) in [7, 11) is 0. The quantitative estimate of drug-likeness (QED) is 0.815. The van der Waals surface area contributed by atoms with E-state index in [1.165, 1.54) is 4.90 Å². The molecule has 0 aromatic heterocycles. The number of hydrogen-bond donors (Lipinski definition) is 2. The second-order valence-electron chi connectivity index (χ2n) is 5.16. The molecule has 0 spiro atoms. The third-order valence-electron chi connectivity index (χ3n) is 3.43. The molecule has 1 aromatic rings. The van der Waals surface area contributed by atoms with E-state index in [0.29, 0.717) is 6.07 Å². The van der Waals surface area contributed by atoms with Crippen molar-refractivity contribution in [3.63, 3.8) is 0 Å². The predicted molar refractivity (Wildman–Crippen MR) is 73.4 cm³/mol. The molecule has 0 aliphatic carbocycles. The van der Waals surface area contributed by atoms with Gasteiger partial charge >= 0.3 is 12.2 Å². The Morgan fingerprint density at radius 2 is 2.17 bits per heavy atom. The number of nitrogens with zero attached hydrogens (tertiary/aromatic N) is 1. The van der Waals surface area contributed by atoms with Crippen molar-refractivity contribution in [1.29, 1.82) is 0 Å². The van der Waals surface area contributed by atoms with Crippen LogP contribution in [0.5, 0.6) is 0 Å². The molecule has 1 aliphatic rings. The van der Waals surface area contributed by atoms with Crippen molar-refractivity contribution < 1.29 is 32.2 Å². The van der Waals surface area contributed by atoms with Gasteiger partial charge in [-0.15, -0.1) is 0 Å². The summed E-state index contributed by atoms with van der Waals surface area (Å²) >= 11 is 0. The molecular weight excluding hydrogens is 320 g/mol. The molecule has 0 unspecified atom stereocenters. The number of aliphatic hydroxyl groups is 1. The molecular formula is C14H16F4N2O3. The largest absolute Gasteiger partial charge is 0.419 e. The summed E-state index contributed by atoms with van der Waals surface area (Å²) in [5.41, 5.74) is -1.99. The Balaban J connectivity index is 2.14. The van der Waals surface area contributed by atoms with Crippen LogP contribution in [0, 0.1) is 11.7 Å². The van der Waals surface area contributed by atoms with Crippen LogP contribution in [0.4, 0.5) is 28.0 Å². The standard InChI is InChI=1S/C14H16F4N2O3/c15-12-10(14(16,17)18)2-1-3-11(12)19-13(22)20-4-5-23-8-9(6-20)7-21/h1-3,9,21H,4-8H2,(H,19,22)/t9-/m1/s1. The minimum absolute atomic E-state index is 0.170. The third kappa shape index (κ3) is 4.32. The number of alkyl halides is 3. The van der Waals surface area contributed by atoms with Crippen LogP contribution in [0.3, 0.4) is 0 Å². The van der Waals surface area contributed by atoms with Gasteiger partial charge in [0.05, 0.1) is 24.5 Å². The van der Waals surface area contributed by atoms with Gasteiger partial charge in [-0.3, -0.25) is 0 Å². The van der Waals surface area contributed by atoms with Gasteiger partial charge in [0.1, 0.15) is 0 Å². The number of carbonyl (C=O) groups is 1. The molecule has 2 N–H and O–H groups in total. The van der Waals surface area contributed by atoms with Crippen LogP contribution in [0.1, 0.15) is 5.56 Å². The van der Waals surface area contributed by atoms with Gasteiger partial charge < -0.3 is 20.1 Å². The Labute approximate surface area is 129 Å². The highest BCUT2D eigenvalue weighted by molar-refractivity contribution is 5.89. The Morgan fingerprint density at radius 1 is 1.43 bits per heavy atom. The van der Waals surface area contributed by atoms with Gasteiger partial charge in [-0.25, -0.2) is 9.18 Å². The zero-order valence-corrected chi connectivity index (χ0v) is 12.1. The number of halogens is 4. The molecule has 0 radical (unpaired) electrons. The lowest BCUT2D eigenvalue weighted by Gasteiger charge is -2.23. The SMILES string of the molecule is O=C(Nc1cccc(C(F)(F)F)c1F)N1CCOC[C@@H](CO)C1. The fourth-order valence-electron chi connectivity index (χ4n) is 2.22. The lowest BCUT2D eigenvalue weighted by molar-refractivity contribution is -0.139. The van der Waals surface area contributed by atoms with Crippen molar-refractivity contribution >= 4 is 11.7 Å². The minimum Gasteiger partial charge on any atom is -0.396 e. The number of aliphatic hydroxyl groups excluding tert-OH is 1. The first-order valence-corrected chi connectivity index (χ1v) is 6.93. The average Bonchev–Trinajstić information content (AvgIpc) is 2.73. The van der Waals surface area contributed by atoms with E-state index in [0.717, 1.165) is 12.1 Å². The van der Waals surface area contributed by atoms with Gasteiger partial charge in [-0.05, 0) is 12.1 Å². The zero-order valence-electron chi connectivity index (χ0n) is 12.1. The van der Waals surface area contributed by atoms with Crippen LogP contribution in [-0.2, 0) is 10.9 Å². The highest BCUT2D eigenvalue weighted by Gasteiger charge is 2.35. The van der Waals surface area contributed by atoms with Gasteiger partial charge in [0.15, 0.2) is 5.82 Å². The number of hydrogen-bond acceptors (Lipinski definition) is 3. The van der Waals surface area contributed by atoms with Crippen LogP contribution in [0.25, 0.3) is 0 Å². The molecule has 1 atom stereocenters. The first-order valence-electron chi connectivity index (χ1n) is 6.93. The highest BCUT2D eigenvalue weighted by atomic mass is 19.4. The number of ether oxygens (including phenoxy) is 1. The average molecular weight is 336 g/mol. The summed E-state index contributed by atoms with van der Waals surface area (Å²) in [6, 6.07) is 1.93. The first kappa shape index (κ1) is 17.5. The van der Waals surface area contributed by atoms with Gasteiger partial charge in [0.2, 0.25) is 0 Å². The monoisotopic (exact) mass is 336 g/mol. The van der Waals surface area contributed by atoms with Crippen molar-refractivity contribution in [1.82, 2.24) is 4.90 Å². The molecule has 9 heteroatoms. The summed E-state index contributed by atoms with van der Waals surface area (Å²) in [6.45, 7) is 0.681. The van der Waals surface area contributed by atoms with Gasteiger partial charge in [0.25, 0.3) is 0 Å². The van der Waals surface area contributed by atoms with E-state index in [1.54, 1.807) is 0 Å². The summed E-state index contributed by atoms with van der Waals surface area (Å²) in [5, 5.41) is 11.3. The van der Waals surface area contributed by atoms with Gasteiger partial charge in [-0.1, -0.05) is 6.07 Å². The summed E-state index contributed by atoms with van der Waals surface area (Å²) in [5.74, 6) is -1.83. The van der Waals surface area contributed by atoms with E-state index < -0.39 is 29.3 Å². The number of urea groups is 1. The van der Waals surface area contributed by atoms with Crippen LogP contribution < -0.4 is 5.32 Å². The number of rotatable bonds is 2. The van der Waals surface area contributed by atoms with E-state index in [4.69, 9.17) is 9.84 Å². The Morgan fingerprint density at radius 3 is 2.83 bits per heavy atom. The molecule has 5 nitrogen and oxygen atoms in total. The molecule has 1 saturated heterocycles. The van der Waals surface area contributed by atoms with Crippen LogP contribution in [-0.4, -0.2) is 48.9 Å². The first-order chi connectivity index (χ1) is 10.8. The second-order valence-corrected chi connectivity index (χ2v) is 5.16. The van der Waals surface area contributed by atoms with Crippen molar-refractivity contribution in [3.05, 3.63) is 29.6 Å². The summed E-state index contributed by atoms with van der Waals surface area (Å²) < 4.78 is 57.1. The highest BCUT2D eigenvalue weighted by Crippen LogP contribution is 2.33.